The molecule has 0 spiro atoms. The smallest absolute Gasteiger partial charge is 0.333 e. The SMILES string of the molecule is CCCCc1ccc(-n2c(C)cn3c4c(=O)n([C@H](C)C(=O)OC)c(=O)n(C)c4nc23)cc1. The van der Waals surface area contributed by atoms with E-state index in [2.05, 4.69) is 24.0 Å². The van der Waals surface area contributed by atoms with E-state index in [4.69, 9.17) is 4.74 Å². The Kier molecular flexibility index (Phi) is 5.50. The highest BCUT2D eigenvalue weighted by Gasteiger charge is 2.26. The first-order chi connectivity index (χ1) is 15.3. The highest BCUT2D eigenvalue weighted by Crippen LogP contribution is 2.22. The molecule has 32 heavy (non-hydrogen) atoms. The molecule has 9 heteroatoms. The lowest BCUT2D eigenvalue weighted by Crippen LogP contribution is -2.43. The molecular formula is C23H27N5O4. The average Bonchev–Trinajstić information content (AvgIpc) is 3.30. The number of aryl methyl sites for hydroxylation is 3. The maximum absolute atomic E-state index is 13.3. The monoisotopic (exact) mass is 437 g/mol. The maximum Gasteiger partial charge on any atom is 0.333 e. The zero-order chi connectivity index (χ0) is 23.2. The topological polar surface area (TPSA) is 92.5 Å². The minimum Gasteiger partial charge on any atom is -0.467 e. The molecular weight excluding hydrogens is 410 g/mol. The highest BCUT2D eigenvalue weighted by molar-refractivity contribution is 5.78. The predicted octanol–water partition coefficient (Wildman–Crippen LogP) is 2.52. The van der Waals surface area contributed by atoms with Crippen LogP contribution in [-0.2, 0) is 23.0 Å². The van der Waals surface area contributed by atoms with Gasteiger partial charge in [0.25, 0.3) is 5.56 Å². The van der Waals surface area contributed by atoms with Crippen molar-refractivity contribution in [1.82, 2.24) is 23.1 Å². The number of methoxy groups -OCH3 is 1. The van der Waals surface area contributed by atoms with Crippen LogP contribution in [0.5, 0.6) is 0 Å². The molecule has 0 aliphatic rings. The minimum absolute atomic E-state index is 0.235. The van der Waals surface area contributed by atoms with Gasteiger partial charge < -0.3 is 4.74 Å². The lowest BCUT2D eigenvalue weighted by atomic mass is 10.1. The van der Waals surface area contributed by atoms with E-state index in [1.54, 1.807) is 4.40 Å². The van der Waals surface area contributed by atoms with Crippen LogP contribution in [0, 0.1) is 6.92 Å². The Morgan fingerprint density at radius 1 is 1.19 bits per heavy atom. The number of nitrogens with zero attached hydrogens (tertiary/aromatic N) is 5. The molecule has 1 aromatic carbocycles. The van der Waals surface area contributed by atoms with Crippen LogP contribution in [-0.4, -0.2) is 36.2 Å². The quantitative estimate of drug-likeness (QED) is 0.432. The summed E-state index contributed by atoms with van der Waals surface area (Å²) < 4.78 is 10.6. The molecule has 0 bridgehead atoms. The standard InChI is InChI=1S/C23H27N5O4/c1-6-7-8-16-9-11-17(12-10-16)27-14(2)13-26-18-19(24-22(26)27)25(4)23(31)28(20(18)29)15(3)21(30)32-5/h9-13,15H,6-8H2,1-5H3/t15-/m1/s1. The summed E-state index contributed by atoms with van der Waals surface area (Å²) in [7, 11) is 2.76. The number of carbonyl (C=O) groups is 1. The zero-order valence-electron chi connectivity index (χ0n) is 19.0. The van der Waals surface area contributed by atoms with Gasteiger partial charge in [-0.2, -0.15) is 4.98 Å². The van der Waals surface area contributed by atoms with Crippen molar-refractivity contribution < 1.29 is 9.53 Å². The molecule has 4 rings (SSSR count). The molecule has 0 saturated carbocycles. The van der Waals surface area contributed by atoms with E-state index >= 15 is 0 Å². The van der Waals surface area contributed by atoms with Gasteiger partial charge in [-0.3, -0.25) is 18.3 Å². The molecule has 0 aliphatic heterocycles. The van der Waals surface area contributed by atoms with E-state index in [1.165, 1.54) is 31.2 Å². The maximum atomic E-state index is 13.3. The summed E-state index contributed by atoms with van der Waals surface area (Å²) in [4.78, 5) is 42.9. The predicted molar refractivity (Wildman–Crippen MR) is 122 cm³/mol. The lowest BCUT2D eigenvalue weighted by Gasteiger charge is -2.13. The number of benzene rings is 1. The Balaban J connectivity index is 1.95. The third-order valence-electron chi connectivity index (χ3n) is 5.92. The second-order valence-corrected chi connectivity index (χ2v) is 8.05. The van der Waals surface area contributed by atoms with Crippen LogP contribution in [0.2, 0.25) is 0 Å². The third kappa shape index (κ3) is 3.24. The largest absolute Gasteiger partial charge is 0.467 e. The van der Waals surface area contributed by atoms with E-state index in [9.17, 15) is 14.4 Å². The van der Waals surface area contributed by atoms with Crippen LogP contribution >= 0.6 is 0 Å². The van der Waals surface area contributed by atoms with Crippen molar-refractivity contribution in [2.45, 2.75) is 46.1 Å². The first-order valence-electron chi connectivity index (χ1n) is 10.7. The van der Waals surface area contributed by atoms with E-state index in [1.807, 2.05) is 29.8 Å². The van der Waals surface area contributed by atoms with Crippen molar-refractivity contribution in [3.8, 4) is 5.69 Å². The van der Waals surface area contributed by atoms with E-state index in [0.717, 1.165) is 35.2 Å². The van der Waals surface area contributed by atoms with Crippen molar-refractivity contribution >= 4 is 22.9 Å². The summed E-state index contributed by atoms with van der Waals surface area (Å²) >= 11 is 0. The number of imidazole rings is 2. The van der Waals surface area contributed by atoms with Crippen LogP contribution < -0.4 is 11.2 Å². The fraction of sp³-hybridized carbons (Fsp3) is 0.391. The van der Waals surface area contributed by atoms with Gasteiger partial charge in [0, 0.05) is 24.6 Å². The molecule has 3 heterocycles. The Hall–Kier alpha value is -3.62. The molecule has 0 unspecified atom stereocenters. The molecule has 0 radical (unpaired) electrons. The van der Waals surface area contributed by atoms with E-state index in [-0.39, 0.29) is 11.2 Å². The number of fused-ring (bicyclic) bond motifs is 3. The van der Waals surface area contributed by atoms with Gasteiger partial charge in [0.05, 0.1) is 7.11 Å². The lowest BCUT2D eigenvalue weighted by molar-refractivity contribution is -0.144. The van der Waals surface area contributed by atoms with Crippen LogP contribution in [0.3, 0.4) is 0 Å². The first kappa shape index (κ1) is 21.6. The molecule has 4 aromatic rings. The number of hydrogen-bond donors (Lipinski definition) is 0. The Morgan fingerprint density at radius 3 is 2.50 bits per heavy atom. The van der Waals surface area contributed by atoms with Crippen molar-refractivity contribution in [2.75, 3.05) is 7.11 Å². The van der Waals surface area contributed by atoms with Gasteiger partial charge in [0.15, 0.2) is 11.2 Å². The average molecular weight is 438 g/mol. The van der Waals surface area contributed by atoms with Crippen LogP contribution in [0.25, 0.3) is 22.6 Å². The molecule has 0 aliphatic carbocycles. The summed E-state index contributed by atoms with van der Waals surface area (Å²) in [5.74, 6) is -0.143. The highest BCUT2D eigenvalue weighted by atomic mass is 16.5. The minimum atomic E-state index is -1.06. The molecule has 9 nitrogen and oxygen atoms in total. The van der Waals surface area contributed by atoms with Crippen LogP contribution in [0.4, 0.5) is 0 Å². The zero-order valence-corrected chi connectivity index (χ0v) is 19.0. The molecule has 0 saturated heterocycles. The normalized spacial score (nSPS) is 12.5. The molecule has 1 atom stereocenters. The van der Waals surface area contributed by atoms with E-state index < -0.39 is 23.3 Å². The van der Waals surface area contributed by atoms with Gasteiger partial charge in [0.2, 0.25) is 5.78 Å². The fourth-order valence-corrected chi connectivity index (χ4v) is 4.11. The van der Waals surface area contributed by atoms with Gasteiger partial charge in [0.1, 0.15) is 6.04 Å². The summed E-state index contributed by atoms with van der Waals surface area (Å²) in [6.07, 6.45) is 5.13. The summed E-state index contributed by atoms with van der Waals surface area (Å²) in [5, 5.41) is 0. The number of unbranched alkanes of at least 4 members (excludes halogenated alkanes) is 1. The Bertz CT molecular complexity index is 1440. The van der Waals surface area contributed by atoms with Crippen LogP contribution in [0.1, 0.15) is 44.0 Å². The van der Waals surface area contributed by atoms with Crippen molar-refractivity contribution in [2.24, 2.45) is 7.05 Å². The number of rotatable bonds is 6. The summed E-state index contributed by atoms with van der Waals surface area (Å²) in [5.41, 5.74) is 2.37. The van der Waals surface area contributed by atoms with Crippen LogP contribution in [0.15, 0.2) is 40.1 Å². The number of carbonyl (C=O) groups excluding carboxylic acids is 1. The number of aromatic nitrogens is 5. The fourth-order valence-electron chi connectivity index (χ4n) is 4.11. The molecule has 0 fully saturated rings. The van der Waals surface area contributed by atoms with E-state index in [0.29, 0.717) is 5.78 Å². The molecule has 3 aromatic heterocycles. The van der Waals surface area contributed by atoms with Crippen molar-refractivity contribution in [3.63, 3.8) is 0 Å². The number of ether oxygens (including phenoxy) is 1. The van der Waals surface area contributed by atoms with Gasteiger partial charge in [-0.1, -0.05) is 25.5 Å². The second kappa shape index (κ2) is 8.14. The third-order valence-corrected chi connectivity index (χ3v) is 5.92. The second-order valence-electron chi connectivity index (χ2n) is 8.05. The van der Waals surface area contributed by atoms with Crippen molar-refractivity contribution in [3.05, 3.63) is 62.6 Å². The Labute approximate surface area is 184 Å². The van der Waals surface area contributed by atoms with Gasteiger partial charge in [-0.15, -0.1) is 0 Å². The van der Waals surface area contributed by atoms with Gasteiger partial charge >= 0.3 is 11.7 Å². The van der Waals surface area contributed by atoms with Gasteiger partial charge in [-0.05, 0) is 44.4 Å². The molecule has 0 N–H and O–H groups in total. The summed E-state index contributed by atoms with van der Waals surface area (Å²) in [6, 6.07) is 7.22. The van der Waals surface area contributed by atoms with Gasteiger partial charge in [-0.25, -0.2) is 14.2 Å². The number of hydrogen-bond acceptors (Lipinski definition) is 5. The Morgan fingerprint density at radius 2 is 1.88 bits per heavy atom. The molecule has 168 valence electrons. The molecule has 0 amide bonds. The first-order valence-corrected chi connectivity index (χ1v) is 10.7. The summed E-state index contributed by atoms with van der Waals surface area (Å²) in [6.45, 7) is 5.57. The van der Waals surface area contributed by atoms with Crippen molar-refractivity contribution in [1.29, 1.82) is 0 Å². The number of esters is 1.